The molecule has 0 aromatic carbocycles. The van der Waals surface area contributed by atoms with Crippen molar-refractivity contribution in [1.82, 2.24) is 5.32 Å². The van der Waals surface area contributed by atoms with Crippen LogP contribution in [0.25, 0.3) is 0 Å². The third-order valence-electron chi connectivity index (χ3n) is 11.9. The molecule has 0 aliphatic carbocycles. The van der Waals surface area contributed by atoms with E-state index in [1.54, 1.807) is 0 Å². The van der Waals surface area contributed by atoms with E-state index in [0.717, 1.165) is 83.5 Å². The molecule has 0 spiro atoms. The number of hydrogen-bond acceptors (Lipinski definition) is 5. The molecule has 0 saturated carbocycles. The molecule has 0 fully saturated rings. The molecule has 360 valence electrons. The van der Waals surface area contributed by atoms with Crippen LogP contribution >= 0.6 is 0 Å². The van der Waals surface area contributed by atoms with Crippen molar-refractivity contribution in [2.75, 3.05) is 6.61 Å². The van der Waals surface area contributed by atoms with E-state index in [1.165, 1.54) is 128 Å². The third kappa shape index (κ3) is 44.2. The Morgan fingerprint density at radius 1 is 0.468 bits per heavy atom. The minimum atomic E-state index is -0.802. The molecule has 62 heavy (non-hydrogen) atoms. The fourth-order valence-electron chi connectivity index (χ4n) is 7.85. The smallest absolute Gasteiger partial charge is 0.306 e. The van der Waals surface area contributed by atoms with Gasteiger partial charge in [0.25, 0.3) is 0 Å². The van der Waals surface area contributed by atoms with Gasteiger partial charge in [0.1, 0.15) is 6.10 Å². The third-order valence-corrected chi connectivity index (χ3v) is 11.9. The Labute approximate surface area is 384 Å². The highest BCUT2D eigenvalue weighted by atomic mass is 16.5. The molecule has 0 aromatic heterocycles. The van der Waals surface area contributed by atoms with Gasteiger partial charge in [0.2, 0.25) is 5.91 Å². The summed E-state index contributed by atoms with van der Waals surface area (Å²) in [5.74, 6) is -0.529. The topological polar surface area (TPSA) is 95.9 Å². The molecule has 0 radical (unpaired) electrons. The molecule has 6 nitrogen and oxygen atoms in total. The Bertz CT molecular complexity index is 1110. The maximum absolute atomic E-state index is 13.2. The molecule has 1 amide bonds. The summed E-state index contributed by atoms with van der Waals surface area (Å²) in [5, 5.41) is 23.8. The van der Waals surface area contributed by atoms with Crippen LogP contribution in [0.4, 0.5) is 0 Å². The van der Waals surface area contributed by atoms with E-state index in [-0.39, 0.29) is 24.9 Å². The van der Waals surface area contributed by atoms with Gasteiger partial charge in [-0.25, -0.2) is 0 Å². The van der Waals surface area contributed by atoms with Crippen LogP contribution in [-0.4, -0.2) is 46.9 Å². The van der Waals surface area contributed by atoms with Crippen molar-refractivity contribution in [3.63, 3.8) is 0 Å². The minimum absolute atomic E-state index is 0.0450. The lowest BCUT2D eigenvalue weighted by Crippen LogP contribution is -2.46. The van der Waals surface area contributed by atoms with Crippen molar-refractivity contribution in [1.29, 1.82) is 0 Å². The van der Waals surface area contributed by atoms with Gasteiger partial charge >= 0.3 is 5.97 Å². The standard InChI is InChI=1S/C56H101NO5/c1-4-7-10-13-16-19-22-25-27-28-30-32-35-38-41-44-47-52(62-56(61)49-46-43-40-37-34-29-24-21-18-15-12-9-6-3)50-55(60)57-53(51-58)54(59)48-45-42-39-36-33-31-26-23-20-17-14-11-8-5-2/h16,19,22,25,27-30,32,34,52-54,58-59H,4-15,17-18,20-21,23-24,26,31,33,35-51H2,1-3H3,(H,57,60)/b19-16+,25-22+,28-27+,32-30+,34-29-. The van der Waals surface area contributed by atoms with Crippen molar-refractivity contribution in [2.45, 2.75) is 277 Å². The predicted molar refractivity (Wildman–Crippen MR) is 268 cm³/mol. The lowest BCUT2D eigenvalue weighted by atomic mass is 10.0. The van der Waals surface area contributed by atoms with Crippen LogP contribution in [0.3, 0.4) is 0 Å². The number of amides is 1. The number of aliphatic hydroxyl groups is 2. The van der Waals surface area contributed by atoms with Gasteiger partial charge in [-0.3, -0.25) is 9.59 Å². The van der Waals surface area contributed by atoms with Crippen LogP contribution in [0.1, 0.15) is 258 Å². The van der Waals surface area contributed by atoms with Gasteiger partial charge in [0, 0.05) is 6.42 Å². The second-order valence-corrected chi connectivity index (χ2v) is 18.0. The second-order valence-electron chi connectivity index (χ2n) is 18.0. The van der Waals surface area contributed by atoms with Crippen molar-refractivity contribution >= 4 is 11.9 Å². The molecule has 6 heteroatoms. The van der Waals surface area contributed by atoms with Gasteiger partial charge < -0.3 is 20.3 Å². The molecular formula is C56H101NO5. The maximum atomic E-state index is 13.2. The van der Waals surface area contributed by atoms with Crippen LogP contribution in [0, 0.1) is 0 Å². The molecule has 0 bridgehead atoms. The first-order chi connectivity index (χ1) is 30.5. The fraction of sp³-hybridized carbons (Fsp3) is 0.786. The fourth-order valence-corrected chi connectivity index (χ4v) is 7.85. The molecular weight excluding hydrogens is 767 g/mol. The first-order valence-electron chi connectivity index (χ1n) is 26.6. The Morgan fingerprint density at radius 2 is 0.839 bits per heavy atom. The number of hydrogen-bond donors (Lipinski definition) is 3. The summed E-state index contributed by atoms with van der Waals surface area (Å²) < 4.78 is 5.91. The molecule has 0 aliphatic heterocycles. The van der Waals surface area contributed by atoms with E-state index >= 15 is 0 Å². The molecule has 3 N–H and O–H groups in total. The number of esters is 1. The zero-order valence-corrected chi connectivity index (χ0v) is 41.0. The number of unbranched alkanes of at least 4 members (excludes halogenated alkanes) is 28. The lowest BCUT2D eigenvalue weighted by molar-refractivity contribution is -0.151. The Kier molecular flexibility index (Phi) is 47.6. The van der Waals surface area contributed by atoms with E-state index < -0.39 is 18.2 Å². The molecule has 0 saturated heterocycles. The van der Waals surface area contributed by atoms with Gasteiger partial charge in [-0.1, -0.05) is 229 Å². The van der Waals surface area contributed by atoms with Crippen LogP contribution < -0.4 is 5.32 Å². The molecule has 0 aromatic rings. The van der Waals surface area contributed by atoms with Crippen LogP contribution in [-0.2, 0) is 14.3 Å². The number of carbonyl (C=O) groups is 2. The zero-order chi connectivity index (χ0) is 45.2. The monoisotopic (exact) mass is 868 g/mol. The van der Waals surface area contributed by atoms with Crippen LogP contribution in [0.2, 0.25) is 0 Å². The Morgan fingerprint density at radius 3 is 1.34 bits per heavy atom. The number of carbonyl (C=O) groups excluding carboxylic acids is 2. The van der Waals surface area contributed by atoms with Gasteiger partial charge in [0.05, 0.1) is 25.2 Å². The summed E-state index contributed by atoms with van der Waals surface area (Å²) in [6, 6.07) is -0.719. The quantitative estimate of drug-likeness (QED) is 0.0245. The molecule has 3 atom stereocenters. The van der Waals surface area contributed by atoms with Gasteiger partial charge in [-0.05, 0) is 77.0 Å². The normalized spacial score (nSPS) is 13.7. The SMILES string of the molecule is CCCCC/C=C/C=C/C=C/C=C/CCCCCC(CC(=O)NC(CO)C(O)CCCCCCCCCCCCCCCC)OC(=O)CCCCC/C=C\CCCCCCCC. The van der Waals surface area contributed by atoms with E-state index in [9.17, 15) is 19.8 Å². The summed E-state index contributed by atoms with van der Waals surface area (Å²) in [7, 11) is 0. The average Bonchev–Trinajstić information content (AvgIpc) is 3.26. The summed E-state index contributed by atoms with van der Waals surface area (Å²) >= 11 is 0. The number of aliphatic hydroxyl groups excluding tert-OH is 2. The number of nitrogens with one attached hydrogen (secondary N) is 1. The van der Waals surface area contributed by atoms with E-state index in [1.807, 2.05) is 6.08 Å². The first kappa shape index (κ1) is 59.6. The Hall–Kier alpha value is -2.44. The van der Waals surface area contributed by atoms with E-state index in [2.05, 4.69) is 80.8 Å². The number of ether oxygens (including phenoxy) is 1. The highest BCUT2D eigenvalue weighted by Gasteiger charge is 2.24. The summed E-state index contributed by atoms with van der Waals surface area (Å²) in [6.45, 7) is 6.43. The molecule has 0 aliphatic rings. The van der Waals surface area contributed by atoms with E-state index in [4.69, 9.17) is 4.74 Å². The minimum Gasteiger partial charge on any atom is -0.462 e. The largest absolute Gasteiger partial charge is 0.462 e. The highest BCUT2D eigenvalue weighted by molar-refractivity contribution is 5.77. The second kappa shape index (κ2) is 49.6. The predicted octanol–water partition coefficient (Wildman–Crippen LogP) is 16.0. The zero-order valence-electron chi connectivity index (χ0n) is 41.0. The maximum Gasteiger partial charge on any atom is 0.306 e. The van der Waals surface area contributed by atoms with Crippen molar-refractivity contribution in [3.8, 4) is 0 Å². The highest BCUT2D eigenvalue weighted by Crippen LogP contribution is 2.17. The number of rotatable bonds is 47. The summed E-state index contributed by atoms with van der Waals surface area (Å²) in [6.07, 6.45) is 61.3. The summed E-state index contributed by atoms with van der Waals surface area (Å²) in [4.78, 5) is 26.1. The number of allylic oxidation sites excluding steroid dienone is 10. The Balaban J connectivity index is 4.68. The molecule has 0 rings (SSSR count). The van der Waals surface area contributed by atoms with Gasteiger partial charge in [-0.15, -0.1) is 0 Å². The molecule has 0 heterocycles. The van der Waals surface area contributed by atoms with Crippen molar-refractivity contribution < 1.29 is 24.5 Å². The van der Waals surface area contributed by atoms with Crippen molar-refractivity contribution in [2.24, 2.45) is 0 Å². The first-order valence-corrected chi connectivity index (χ1v) is 26.6. The van der Waals surface area contributed by atoms with Crippen LogP contribution in [0.15, 0.2) is 60.8 Å². The van der Waals surface area contributed by atoms with Crippen LogP contribution in [0.5, 0.6) is 0 Å². The summed E-state index contributed by atoms with van der Waals surface area (Å²) in [5.41, 5.74) is 0. The van der Waals surface area contributed by atoms with Gasteiger partial charge in [-0.2, -0.15) is 0 Å². The molecule has 3 unspecified atom stereocenters. The lowest BCUT2D eigenvalue weighted by Gasteiger charge is -2.24. The van der Waals surface area contributed by atoms with Crippen molar-refractivity contribution in [3.05, 3.63) is 60.8 Å². The van der Waals surface area contributed by atoms with Gasteiger partial charge in [0.15, 0.2) is 0 Å². The van der Waals surface area contributed by atoms with E-state index in [0.29, 0.717) is 19.3 Å². The average molecular weight is 868 g/mol.